The fourth-order valence-corrected chi connectivity index (χ4v) is 3.88. The Morgan fingerprint density at radius 1 is 1.30 bits per heavy atom. The molecule has 27 heavy (non-hydrogen) atoms. The number of hydrogen-bond acceptors (Lipinski definition) is 6. The van der Waals surface area contributed by atoms with E-state index in [4.69, 9.17) is 4.74 Å². The maximum absolute atomic E-state index is 12.8. The van der Waals surface area contributed by atoms with E-state index in [9.17, 15) is 13.2 Å². The molecule has 1 aliphatic heterocycles. The average molecular weight is 391 g/mol. The lowest BCUT2D eigenvalue weighted by Crippen LogP contribution is -2.41. The Bertz CT molecular complexity index is 860. The van der Waals surface area contributed by atoms with Crippen molar-refractivity contribution in [3.8, 4) is 0 Å². The number of anilines is 1. The van der Waals surface area contributed by atoms with Gasteiger partial charge in [-0.1, -0.05) is 35.5 Å². The van der Waals surface area contributed by atoms with Crippen LogP contribution in [0.3, 0.4) is 0 Å². The summed E-state index contributed by atoms with van der Waals surface area (Å²) in [6.07, 6.45) is 4.25. The first-order valence-corrected chi connectivity index (χ1v) is 10.1. The molecule has 0 saturated carbocycles. The standard InChI is InChI=1S/C18H21N3O5S/c22-18(19-17-8-11-26-20-17)14-21(13-16-7-4-10-25-16)27(23,24)12-9-15-5-2-1-3-6-15/h1-3,5-6,8-9,11-12,16H,4,7,10,13-14H2,(H,19,20,22). The van der Waals surface area contributed by atoms with Gasteiger partial charge in [-0.3, -0.25) is 4.79 Å². The van der Waals surface area contributed by atoms with Crippen LogP contribution in [0.2, 0.25) is 0 Å². The van der Waals surface area contributed by atoms with Gasteiger partial charge in [-0.05, 0) is 24.5 Å². The first kappa shape index (κ1) is 19.3. The van der Waals surface area contributed by atoms with E-state index in [1.165, 1.54) is 18.4 Å². The van der Waals surface area contributed by atoms with E-state index >= 15 is 0 Å². The number of sulfonamides is 1. The van der Waals surface area contributed by atoms with Gasteiger partial charge in [-0.2, -0.15) is 4.31 Å². The molecule has 1 aliphatic rings. The van der Waals surface area contributed by atoms with Crippen molar-refractivity contribution in [2.45, 2.75) is 18.9 Å². The van der Waals surface area contributed by atoms with Crippen molar-refractivity contribution < 1.29 is 22.5 Å². The molecule has 1 aromatic carbocycles. The van der Waals surface area contributed by atoms with Gasteiger partial charge in [0.1, 0.15) is 6.26 Å². The van der Waals surface area contributed by atoms with Crippen LogP contribution in [0.25, 0.3) is 6.08 Å². The van der Waals surface area contributed by atoms with Gasteiger partial charge in [0.05, 0.1) is 12.6 Å². The Labute approximate surface area is 157 Å². The predicted molar refractivity (Wildman–Crippen MR) is 100 cm³/mol. The molecule has 8 nitrogen and oxygen atoms in total. The molecule has 0 bridgehead atoms. The normalized spacial score (nSPS) is 17.6. The Morgan fingerprint density at radius 2 is 2.11 bits per heavy atom. The topological polar surface area (TPSA) is 102 Å². The van der Waals surface area contributed by atoms with Crippen LogP contribution in [-0.4, -0.2) is 49.6 Å². The summed E-state index contributed by atoms with van der Waals surface area (Å²) in [6.45, 7) is 0.380. The second-order valence-electron chi connectivity index (χ2n) is 6.12. The van der Waals surface area contributed by atoms with Crippen molar-refractivity contribution in [2.75, 3.05) is 25.0 Å². The van der Waals surface area contributed by atoms with Crippen LogP contribution in [0.5, 0.6) is 0 Å². The minimum absolute atomic E-state index is 0.119. The van der Waals surface area contributed by atoms with Crippen molar-refractivity contribution in [1.29, 1.82) is 0 Å². The van der Waals surface area contributed by atoms with Crippen molar-refractivity contribution in [3.05, 3.63) is 53.6 Å². The number of benzene rings is 1. The molecule has 0 spiro atoms. The minimum atomic E-state index is -3.81. The summed E-state index contributed by atoms with van der Waals surface area (Å²) in [5, 5.41) is 7.21. The third-order valence-electron chi connectivity index (χ3n) is 4.05. The molecule has 1 N–H and O–H groups in total. The summed E-state index contributed by atoms with van der Waals surface area (Å²) in [5.74, 6) is -0.270. The Hall–Kier alpha value is -2.49. The molecule has 9 heteroatoms. The summed E-state index contributed by atoms with van der Waals surface area (Å²) >= 11 is 0. The maximum Gasteiger partial charge on any atom is 0.240 e. The van der Waals surface area contributed by atoms with E-state index in [2.05, 4.69) is 15.0 Å². The molecule has 1 saturated heterocycles. The highest BCUT2D eigenvalue weighted by atomic mass is 32.2. The van der Waals surface area contributed by atoms with Crippen LogP contribution in [0.15, 0.2) is 52.6 Å². The van der Waals surface area contributed by atoms with E-state index in [-0.39, 0.29) is 25.0 Å². The maximum atomic E-state index is 12.8. The summed E-state index contributed by atoms with van der Waals surface area (Å²) in [5.41, 5.74) is 0.755. The molecule has 1 aromatic heterocycles. The highest BCUT2D eigenvalue weighted by molar-refractivity contribution is 7.92. The van der Waals surface area contributed by atoms with Crippen molar-refractivity contribution in [1.82, 2.24) is 9.46 Å². The summed E-state index contributed by atoms with van der Waals surface area (Å²) in [7, 11) is -3.81. The molecule has 2 aromatic rings. The van der Waals surface area contributed by atoms with Gasteiger partial charge in [0.15, 0.2) is 5.82 Å². The van der Waals surface area contributed by atoms with Crippen LogP contribution in [0.4, 0.5) is 5.82 Å². The van der Waals surface area contributed by atoms with Gasteiger partial charge < -0.3 is 14.6 Å². The third kappa shape index (κ3) is 5.75. The quantitative estimate of drug-likeness (QED) is 0.739. The van der Waals surface area contributed by atoms with Gasteiger partial charge in [0.25, 0.3) is 0 Å². The van der Waals surface area contributed by atoms with Crippen LogP contribution >= 0.6 is 0 Å². The SMILES string of the molecule is O=C(CN(CC1CCCO1)S(=O)(=O)C=Cc1ccccc1)Nc1ccon1. The van der Waals surface area contributed by atoms with Crippen LogP contribution in [0.1, 0.15) is 18.4 Å². The molecular weight excluding hydrogens is 370 g/mol. The van der Waals surface area contributed by atoms with Crippen LogP contribution < -0.4 is 5.32 Å². The summed E-state index contributed by atoms with van der Waals surface area (Å²) in [4.78, 5) is 12.3. The van der Waals surface area contributed by atoms with Crippen LogP contribution in [0, 0.1) is 0 Å². The zero-order chi connectivity index (χ0) is 19.1. The van der Waals surface area contributed by atoms with Crippen molar-refractivity contribution in [2.24, 2.45) is 0 Å². The number of nitrogens with one attached hydrogen (secondary N) is 1. The molecular formula is C18H21N3O5S. The van der Waals surface area contributed by atoms with Crippen molar-refractivity contribution in [3.63, 3.8) is 0 Å². The number of rotatable bonds is 8. The zero-order valence-corrected chi connectivity index (χ0v) is 15.5. The van der Waals surface area contributed by atoms with E-state index in [1.807, 2.05) is 18.2 Å². The highest BCUT2D eigenvalue weighted by Gasteiger charge is 2.28. The van der Waals surface area contributed by atoms with E-state index in [0.29, 0.717) is 6.61 Å². The molecule has 144 valence electrons. The smallest absolute Gasteiger partial charge is 0.240 e. The number of ether oxygens (including phenoxy) is 1. The number of carbonyl (C=O) groups is 1. The first-order valence-electron chi connectivity index (χ1n) is 8.58. The molecule has 2 heterocycles. The largest absolute Gasteiger partial charge is 0.377 e. The molecule has 1 fully saturated rings. The van der Waals surface area contributed by atoms with E-state index < -0.39 is 15.9 Å². The lowest BCUT2D eigenvalue weighted by molar-refractivity contribution is -0.116. The molecule has 1 unspecified atom stereocenters. The molecule has 1 amide bonds. The molecule has 1 atom stereocenters. The zero-order valence-electron chi connectivity index (χ0n) is 14.7. The number of aromatic nitrogens is 1. The Morgan fingerprint density at radius 3 is 2.78 bits per heavy atom. The van der Waals surface area contributed by atoms with Gasteiger partial charge >= 0.3 is 0 Å². The second-order valence-corrected chi connectivity index (χ2v) is 7.94. The number of amides is 1. The van der Waals surface area contributed by atoms with Crippen LogP contribution in [-0.2, 0) is 19.6 Å². The predicted octanol–water partition coefficient (Wildman–Crippen LogP) is 2.09. The summed E-state index contributed by atoms with van der Waals surface area (Å²) < 4.78 is 36.9. The molecule has 0 aliphatic carbocycles. The van der Waals surface area contributed by atoms with Gasteiger partial charge in [-0.15, -0.1) is 0 Å². The Kier molecular flexibility index (Phi) is 6.38. The van der Waals surface area contributed by atoms with Gasteiger partial charge in [0.2, 0.25) is 15.9 Å². The summed E-state index contributed by atoms with van der Waals surface area (Å²) in [6, 6.07) is 10.6. The lowest BCUT2D eigenvalue weighted by Gasteiger charge is -2.22. The third-order valence-corrected chi connectivity index (χ3v) is 5.53. The van der Waals surface area contributed by atoms with E-state index in [0.717, 1.165) is 28.1 Å². The number of carbonyl (C=O) groups excluding carboxylic acids is 1. The first-order chi connectivity index (χ1) is 13.0. The molecule has 3 rings (SSSR count). The minimum Gasteiger partial charge on any atom is -0.377 e. The van der Waals surface area contributed by atoms with Gasteiger partial charge in [0, 0.05) is 24.6 Å². The van der Waals surface area contributed by atoms with E-state index in [1.54, 1.807) is 12.1 Å². The van der Waals surface area contributed by atoms with Crippen molar-refractivity contribution >= 4 is 27.8 Å². The average Bonchev–Trinajstić information content (AvgIpc) is 3.34. The lowest BCUT2D eigenvalue weighted by atomic mass is 10.2. The second kappa shape index (κ2) is 8.94. The fourth-order valence-electron chi connectivity index (χ4n) is 2.71. The monoisotopic (exact) mass is 391 g/mol. The van der Waals surface area contributed by atoms with Gasteiger partial charge in [-0.25, -0.2) is 8.42 Å². The fraction of sp³-hybridized carbons (Fsp3) is 0.333. The highest BCUT2D eigenvalue weighted by Crippen LogP contribution is 2.17. The molecule has 0 radical (unpaired) electrons. The Balaban J connectivity index is 1.73. The number of nitrogens with zero attached hydrogens (tertiary/aromatic N) is 2. The number of hydrogen-bond donors (Lipinski definition) is 1.